The lowest BCUT2D eigenvalue weighted by molar-refractivity contribution is -0.137. The van der Waals surface area contributed by atoms with Gasteiger partial charge in [0.05, 0.1) is 11.7 Å². The lowest BCUT2D eigenvalue weighted by atomic mass is 9.88. The highest BCUT2D eigenvalue weighted by molar-refractivity contribution is 5.93. The van der Waals surface area contributed by atoms with Crippen LogP contribution in [0.5, 0.6) is 0 Å². The van der Waals surface area contributed by atoms with Crippen LogP contribution in [0.25, 0.3) is 0 Å². The van der Waals surface area contributed by atoms with Crippen LogP contribution < -0.4 is 10.2 Å². The molecule has 2 aliphatic rings. The van der Waals surface area contributed by atoms with E-state index in [9.17, 15) is 23.1 Å². The average Bonchev–Trinajstić information content (AvgIpc) is 2.74. The van der Waals surface area contributed by atoms with E-state index in [1.807, 2.05) is 23.1 Å². The van der Waals surface area contributed by atoms with E-state index in [0.29, 0.717) is 38.2 Å². The highest BCUT2D eigenvalue weighted by atomic mass is 19.4. The molecule has 0 bridgehead atoms. The third kappa shape index (κ3) is 4.43. The van der Waals surface area contributed by atoms with Crippen LogP contribution >= 0.6 is 0 Å². The van der Waals surface area contributed by atoms with Crippen LogP contribution in [0.4, 0.5) is 24.7 Å². The van der Waals surface area contributed by atoms with Gasteiger partial charge in [-0.3, -0.25) is 4.79 Å². The third-order valence-electron chi connectivity index (χ3n) is 5.98. The van der Waals surface area contributed by atoms with Crippen molar-refractivity contribution >= 4 is 17.4 Å². The first kappa shape index (κ1) is 20.7. The zero-order valence-corrected chi connectivity index (χ0v) is 16.5. The average molecular weight is 419 g/mol. The second-order valence-electron chi connectivity index (χ2n) is 7.99. The lowest BCUT2D eigenvalue weighted by Gasteiger charge is -2.32. The fraction of sp³-hybridized carbons (Fsp3) is 0.455. The van der Waals surface area contributed by atoms with E-state index in [1.54, 1.807) is 0 Å². The van der Waals surface area contributed by atoms with E-state index >= 15 is 0 Å². The van der Waals surface area contributed by atoms with Gasteiger partial charge in [0.2, 0.25) is 5.91 Å². The number of aryl methyl sites for hydroxylation is 1. The number of aliphatic hydroxyl groups excluding tert-OH is 1. The van der Waals surface area contributed by atoms with Crippen LogP contribution in [0.15, 0.2) is 36.5 Å². The van der Waals surface area contributed by atoms with E-state index in [4.69, 9.17) is 0 Å². The van der Waals surface area contributed by atoms with Crippen molar-refractivity contribution < 1.29 is 23.1 Å². The second kappa shape index (κ2) is 8.26. The largest absolute Gasteiger partial charge is 0.417 e. The highest BCUT2D eigenvalue weighted by Crippen LogP contribution is 2.31. The predicted octanol–water partition coefficient (Wildman–Crippen LogP) is 3.81. The Labute approximate surface area is 172 Å². The summed E-state index contributed by atoms with van der Waals surface area (Å²) in [5.41, 5.74) is 2.18. The molecule has 1 atom stereocenters. The summed E-state index contributed by atoms with van der Waals surface area (Å²) in [7, 11) is 0. The second-order valence-corrected chi connectivity index (χ2v) is 7.99. The number of benzene rings is 1. The van der Waals surface area contributed by atoms with Crippen molar-refractivity contribution in [1.82, 2.24) is 4.98 Å². The van der Waals surface area contributed by atoms with Gasteiger partial charge >= 0.3 is 6.18 Å². The van der Waals surface area contributed by atoms with E-state index in [0.717, 1.165) is 36.4 Å². The molecule has 2 heterocycles. The first-order chi connectivity index (χ1) is 14.3. The first-order valence-electron chi connectivity index (χ1n) is 10.2. The van der Waals surface area contributed by atoms with Crippen molar-refractivity contribution in [3.8, 4) is 0 Å². The van der Waals surface area contributed by atoms with Gasteiger partial charge in [-0.25, -0.2) is 4.98 Å². The number of pyridine rings is 1. The summed E-state index contributed by atoms with van der Waals surface area (Å²) in [6.07, 6.45) is -0.637. The van der Waals surface area contributed by atoms with Crippen molar-refractivity contribution in [2.75, 3.05) is 23.3 Å². The molecule has 8 heteroatoms. The number of halogens is 3. The number of amides is 1. The lowest BCUT2D eigenvalue weighted by Crippen LogP contribution is -2.38. The number of hydrogen-bond donors (Lipinski definition) is 2. The first-order valence-corrected chi connectivity index (χ1v) is 10.2. The van der Waals surface area contributed by atoms with Crippen LogP contribution in [0, 0.1) is 5.92 Å². The molecule has 4 rings (SSSR count). The molecular weight excluding hydrogens is 395 g/mol. The van der Waals surface area contributed by atoms with Crippen LogP contribution in [-0.4, -0.2) is 35.2 Å². The molecule has 1 aromatic heterocycles. The molecule has 0 radical (unpaired) electrons. The molecule has 1 saturated heterocycles. The maximum atomic E-state index is 12.8. The number of anilines is 2. The van der Waals surface area contributed by atoms with Crippen LogP contribution in [-0.2, 0) is 23.8 Å². The number of rotatable bonds is 3. The SMILES string of the molecule is O=C(Nc1cccc2c1CC(O)CC2)C1CCN(c2ccc(C(F)(F)F)cn2)CC1. The minimum Gasteiger partial charge on any atom is -0.393 e. The Morgan fingerprint density at radius 2 is 1.90 bits per heavy atom. The molecule has 1 aliphatic carbocycles. The normalized spacial score (nSPS) is 20.0. The smallest absolute Gasteiger partial charge is 0.393 e. The molecule has 0 spiro atoms. The van der Waals surface area contributed by atoms with Gasteiger partial charge in [-0.05, 0) is 55.0 Å². The summed E-state index contributed by atoms with van der Waals surface area (Å²) in [6, 6.07) is 8.24. The van der Waals surface area contributed by atoms with E-state index in [1.165, 1.54) is 11.6 Å². The molecule has 2 N–H and O–H groups in total. The Bertz CT molecular complexity index is 907. The van der Waals surface area contributed by atoms with Crippen molar-refractivity contribution in [3.63, 3.8) is 0 Å². The fourth-order valence-corrected chi connectivity index (χ4v) is 4.23. The Balaban J connectivity index is 1.36. The zero-order chi connectivity index (χ0) is 21.3. The minimum atomic E-state index is -4.40. The molecule has 1 fully saturated rings. The topological polar surface area (TPSA) is 65.5 Å². The molecule has 5 nitrogen and oxygen atoms in total. The molecule has 1 unspecified atom stereocenters. The number of hydrogen-bond acceptors (Lipinski definition) is 4. The van der Waals surface area contributed by atoms with Gasteiger partial charge in [-0.1, -0.05) is 12.1 Å². The maximum Gasteiger partial charge on any atom is 0.417 e. The molecule has 1 aliphatic heterocycles. The molecule has 1 aromatic carbocycles. The Hall–Kier alpha value is -2.61. The van der Waals surface area contributed by atoms with Gasteiger partial charge < -0.3 is 15.3 Å². The van der Waals surface area contributed by atoms with E-state index in [2.05, 4.69) is 10.3 Å². The van der Waals surface area contributed by atoms with Gasteiger partial charge in [0.15, 0.2) is 0 Å². The number of carbonyl (C=O) groups excluding carboxylic acids is 1. The highest BCUT2D eigenvalue weighted by Gasteiger charge is 2.31. The molecule has 2 aromatic rings. The van der Waals surface area contributed by atoms with Crippen LogP contribution in [0.1, 0.15) is 36.0 Å². The predicted molar refractivity (Wildman–Crippen MR) is 107 cm³/mol. The Kier molecular flexibility index (Phi) is 5.69. The Morgan fingerprint density at radius 3 is 2.57 bits per heavy atom. The van der Waals surface area contributed by atoms with Crippen LogP contribution in [0.2, 0.25) is 0 Å². The number of piperidine rings is 1. The number of aromatic nitrogens is 1. The fourth-order valence-electron chi connectivity index (χ4n) is 4.23. The van der Waals surface area contributed by atoms with Crippen molar-refractivity contribution in [2.24, 2.45) is 5.92 Å². The summed E-state index contributed by atoms with van der Waals surface area (Å²) >= 11 is 0. The minimum absolute atomic E-state index is 0.0523. The van der Waals surface area contributed by atoms with Gasteiger partial charge in [-0.2, -0.15) is 13.2 Å². The molecule has 160 valence electrons. The van der Waals surface area contributed by atoms with Gasteiger partial charge in [-0.15, -0.1) is 0 Å². The zero-order valence-electron chi connectivity index (χ0n) is 16.5. The number of fused-ring (bicyclic) bond motifs is 1. The standard InChI is InChI=1S/C22H24F3N3O2/c23-22(24,25)16-5-7-20(26-13-16)28-10-8-15(9-11-28)21(30)27-19-3-1-2-14-4-6-17(29)12-18(14)19/h1-3,5,7,13,15,17,29H,4,6,8-12H2,(H,27,30). The number of carbonyl (C=O) groups is 1. The summed E-state index contributed by atoms with van der Waals surface area (Å²) in [5, 5.41) is 13.0. The third-order valence-corrected chi connectivity index (χ3v) is 5.98. The number of nitrogens with zero attached hydrogens (tertiary/aromatic N) is 2. The van der Waals surface area contributed by atoms with Gasteiger partial charge in [0.25, 0.3) is 0 Å². The summed E-state index contributed by atoms with van der Waals surface area (Å²) in [4.78, 5) is 18.7. The summed E-state index contributed by atoms with van der Waals surface area (Å²) in [5.74, 6) is 0.275. The van der Waals surface area contributed by atoms with Crippen LogP contribution in [0.3, 0.4) is 0 Å². The summed E-state index contributed by atoms with van der Waals surface area (Å²) < 4.78 is 38.1. The monoisotopic (exact) mass is 419 g/mol. The molecule has 1 amide bonds. The Morgan fingerprint density at radius 1 is 1.13 bits per heavy atom. The number of nitrogens with one attached hydrogen (secondary N) is 1. The van der Waals surface area contributed by atoms with Crippen molar-refractivity contribution in [1.29, 1.82) is 0 Å². The van der Waals surface area contributed by atoms with Gasteiger partial charge in [0, 0.05) is 37.3 Å². The van der Waals surface area contributed by atoms with Crippen molar-refractivity contribution in [2.45, 2.75) is 44.4 Å². The quantitative estimate of drug-likeness (QED) is 0.794. The molecular formula is C22H24F3N3O2. The summed E-state index contributed by atoms with van der Waals surface area (Å²) in [6.45, 7) is 1.12. The molecule has 30 heavy (non-hydrogen) atoms. The number of alkyl halides is 3. The van der Waals surface area contributed by atoms with E-state index in [-0.39, 0.29) is 17.9 Å². The van der Waals surface area contributed by atoms with Crippen molar-refractivity contribution in [3.05, 3.63) is 53.2 Å². The maximum absolute atomic E-state index is 12.8. The van der Waals surface area contributed by atoms with E-state index < -0.39 is 11.7 Å². The number of aliphatic hydroxyl groups is 1. The molecule has 0 saturated carbocycles. The van der Waals surface area contributed by atoms with Gasteiger partial charge in [0.1, 0.15) is 5.82 Å².